The molecule has 1 atom stereocenters. The third-order valence-electron chi connectivity index (χ3n) is 4.24. The molecule has 3 rings (SSSR count). The number of nitrogens with zero attached hydrogens (tertiary/aromatic N) is 3. The molecule has 2 aromatic rings. The SMILES string of the molecule is CN1C[C@@H](c2cc(NC(=O)c3ccccn3)ccc2F)N=C(N)C(C)(C)S1. The predicted octanol–water partition coefficient (Wildman–Crippen LogP) is 3.24. The van der Waals surface area contributed by atoms with Crippen LogP contribution in [-0.4, -0.2) is 39.4 Å². The molecule has 0 fully saturated rings. The number of nitrogens with one attached hydrogen (secondary N) is 1. The van der Waals surface area contributed by atoms with E-state index in [1.165, 1.54) is 12.1 Å². The first-order valence-electron chi connectivity index (χ1n) is 8.52. The quantitative estimate of drug-likeness (QED) is 0.790. The van der Waals surface area contributed by atoms with Gasteiger partial charge < -0.3 is 11.1 Å². The number of rotatable bonds is 3. The van der Waals surface area contributed by atoms with Gasteiger partial charge in [-0.1, -0.05) is 18.0 Å². The number of aliphatic imine (C=N–C) groups is 1. The molecular weight excluding hydrogens is 365 g/mol. The van der Waals surface area contributed by atoms with E-state index in [-0.39, 0.29) is 22.2 Å². The molecule has 0 bridgehead atoms. The van der Waals surface area contributed by atoms with Crippen molar-refractivity contribution < 1.29 is 9.18 Å². The van der Waals surface area contributed by atoms with E-state index in [1.807, 2.05) is 25.2 Å². The lowest BCUT2D eigenvalue weighted by molar-refractivity contribution is 0.102. The lowest BCUT2D eigenvalue weighted by Gasteiger charge is -2.25. The summed E-state index contributed by atoms with van der Waals surface area (Å²) in [6, 6.07) is 9.08. The summed E-state index contributed by atoms with van der Waals surface area (Å²) in [5.41, 5.74) is 7.31. The van der Waals surface area contributed by atoms with Gasteiger partial charge in [-0.05, 0) is 51.2 Å². The molecule has 0 aliphatic carbocycles. The van der Waals surface area contributed by atoms with E-state index in [0.29, 0.717) is 23.6 Å². The van der Waals surface area contributed by atoms with E-state index in [4.69, 9.17) is 5.73 Å². The van der Waals surface area contributed by atoms with E-state index in [2.05, 4.69) is 15.3 Å². The van der Waals surface area contributed by atoms with Crippen molar-refractivity contribution >= 4 is 29.4 Å². The van der Waals surface area contributed by atoms with Crippen LogP contribution in [0.25, 0.3) is 0 Å². The highest BCUT2D eigenvalue weighted by Crippen LogP contribution is 2.35. The minimum atomic E-state index is -0.462. The molecule has 0 radical (unpaired) electrons. The molecule has 142 valence electrons. The zero-order valence-corrected chi connectivity index (χ0v) is 16.3. The summed E-state index contributed by atoms with van der Waals surface area (Å²) in [6.45, 7) is 4.47. The van der Waals surface area contributed by atoms with Crippen molar-refractivity contribution in [1.82, 2.24) is 9.29 Å². The van der Waals surface area contributed by atoms with E-state index in [9.17, 15) is 9.18 Å². The fourth-order valence-corrected chi connectivity index (χ4v) is 3.96. The molecule has 27 heavy (non-hydrogen) atoms. The Hall–Kier alpha value is -2.45. The van der Waals surface area contributed by atoms with Crippen molar-refractivity contribution in [2.75, 3.05) is 18.9 Å². The number of likely N-dealkylation sites (N-methyl/N-ethyl adjacent to an activating group) is 1. The molecule has 1 aromatic heterocycles. The van der Waals surface area contributed by atoms with Gasteiger partial charge in [-0.2, -0.15) is 0 Å². The van der Waals surface area contributed by atoms with Gasteiger partial charge in [0, 0.05) is 24.0 Å². The van der Waals surface area contributed by atoms with Crippen molar-refractivity contribution in [1.29, 1.82) is 0 Å². The smallest absolute Gasteiger partial charge is 0.274 e. The van der Waals surface area contributed by atoms with Gasteiger partial charge >= 0.3 is 0 Å². The summed E-state index contributed by atoms with van der Waals surface area (Å²) in [5.74, 6) is -0.277. The number of carbonyl (C=O) groups excluding carboxylic acids is 1. The summed E-state index contributed by atoms with van der Waals surface area (Å²) in [5, 5.41) is 2.75. The average molecular weight is 387 g/mol. The van der Waals surface area contributed by atoms with E-state index in [1.54, 1.807) is 42.4 Å². The van der Waals surface area contributed by atoms with Gasteiger partial charge in [-0.15, -0.1) is 0 Å². The first-order chi connectivity index (χ1) is 12.8. The lowest BCUT2D eigenvalue weighted by Crippen LogP contribution is -2.36. The molecule has 0 saturated carbocycles. The lowest BCUT2D eigenvalue weighted by atomic mass is 10.0. The Labute approximate surface area is 162 Å². The molecule has 8 heteroatoms. The van der Waals surface area contributed by atoms with Crippen LogP contribution < -0.4 is 11.1 Å². The summed E-state index contributed by atoms with van der Waals surface area (Å²) < 4.78 is 16.2. The number of nitrogens with two attached hydrogens (primary N) is 1. The highest BCUT2D eigenvalue weighted by Gasteiger charge is 2.32. The van der Waals surface area contributed by atoms with Crippen LogP contribution >= 0.6 is 11.9 Å². The van der Waals surface area contributed by atoms with E-state index < -0.39 is 6.04 Å². The number of anilines is 1. The second-order valence-corrected chi connectivity index (χ2v) is 8.67. The summed E-state index contributed by atoms with van der Waals surface area (Å²) in [6.07, 6.45) is 1.54. The van der Waals surface area contributed by atoms with Crippen LogP contribution in [0, 0.1) is 5.82 Å². The van der Waals surface area contributed by atoms with Crippen LogP contribution in [0.3, 0.4) is 0 Å². The molecule has 0 spiro atoms. The number of pyridine rings is 1. The van der Waals surface area contributed by atoms with Crippen LogP contribution in [0.4, 0.5) is 10.1 Å². The zero-order valence-electron chi connectivity index (χ0n) is 15.4. The Bertz CT molecular complexity index is 872. The highest BCUT2D eigenvalue weighted by atomic mass is 32.2. The number of carbonyl (C=O) groups is 1. The van der Waals surface area contributed by atoms with Crippen molar-refractivity contribution in [2.45, 2.75) is 24.6 Å². The van der Waals surface area contributed by atoms with Crippen molar-refractivity contribution in [3.63, 3.8) is 0 Å². The molecule has 0 saturated heterocycles. The number of amides is 1. The minimum absolute atomic E-state index is 0.290. The normalized spacial score (nSPS) is 19.9. The highest BCUT2D eigenvalue weighted by molar-refractivity contribution is 7.99. The number of hydrogen-bond donors (Lipinski definition) is 2. The van der Waals surface area contributed by atoms with Crippen LogP contribution in [0.15, 0.2) is 47.6 Å². The van der Waals surface area contributed by atoms with Crippen LogP contribution in [0.2, 0.25) is 0 Å². The summed E-state index contributed by atoms with van der Waals surface area (Å²) in [4.78, 5) is 20.9. The largest absolute Gasteiger partial charge is 0.386 e. The molecule has 3 N–H and O–H groups in total. The van der Waals surface area contributed by atoms with Gasteiger partial charge in [-0.25, -0.2) is 4.39 Å². The average Bonchev–Trinajstić information content (AvgIpc) is 2.72. The van der Waals surface area contributed by atoms with Crippen LogP contribution in [0.5, 0.6) is 0 Å². The standard InChI is InChI=1S/C19H22FN5OS/c1-19(2)18(21)24-16(11-25(3)27-19)13-10-12(7-8-14(13)20)23-17(26)15-6-4-5-9-22-15/h4-10,16H,11H2,1-3H3,(H2,21,24)(H,23,26)/t16-/m0/s1. The molecule has 0 unspecified atom stereocenters. The van der Waals surface area contributed by atoms with Gasteiger partial charge in [0.05, 0.1) is 10.8 Å². The van der Waals surface area contributed by atoms with Crippen LogP contribution in [0.1, 0.15) is 35.9 Å². The fourth-order valence-electron chi connectivity index (χ4n) is 2.82. The topological polar surface area (TPSA) is 83.6 Å². The number of halogens is 1. The summed E-state index contributed by atoms with van der Waals surface area (Å²) in [7, 11) is 1.93. The Morgan fingerprint density at radius 3 is 2.85 bits per heavy atom. The molecular formula is C19H22FN5OS. The zero-order chi connectivity index (χ0) is 19.6. The molecule has 1 aliphatic rings. The maximum Gasteiger partial charge on any atom is 0.274 e. The maximum atomic E-state index is 14.5. The second-order valence-electron chi connectivity index (χ2n) is 6.85. The number of hydrogen-bond acceptors (Lipinski definition) is 6. The van der Waals surface area contributed by atoms with E-state index in [0.717, 1.165) is 0 Å². The molecule has 1 aromatic carbocycles. The third kappa shape index (κ3) is 4.45. The van der Waals surface area contributed by atoms with Gasteiger partial charge in [0.2, 0.25) is 0 Å². The van der Waals surface area contributed by atoms with Crippen molar-refractivity contribution in [3.8, 4) is 0 Å². The Balaban J connectivity index is 1.89. The second kappa shape index (κ2) is 7.66. The first-order valence-corrected chi connectivity index (χ1v) is 9.29. The predicted molar refractivity (Wildman–Crippen MR) is 107 cm³/mol. The Morgan fingerprint density at radius 1 is 1.37 bits per heavy atom. The first kappa shape index (κ1) is 19.3. The molecule has 1 amide bonds. The van der Waals surface area contributed by atoms with Gasteiger partial charge in [-0.3, -0.25) is 19.1 Å². The minimum Gasteiger partial charge on any atom is -0.386 e. The Morgan fingerprint density at radius 2 is 2.15 bits per heavy atom. The number of aromatic nitrogens is 1. The Kier molecular flexibility index (Phi) is 5.48. The summed E-state index contributed by atoms with van der Waals surface area (Å²) >= 11 is 1.57. The van der Waals surface area contributed by atoms with Gasteiger partial charge in [0.25, 0.3) is 5.91 Å². The monoisotopic (exact) mass is 387 g/mol. The maximum absolute atomic E-state index is 14.5. The number of amidine groups is 1. The molecule has 2 heterocycles. The van der Waals surface area contributed by atoms with Crippen molar-refractivity contribution in [2.24, 2.45) is 10.7 Å². The van der Waals surface area contributed by atoms with Gasteiger partial charge in [0.1, 0.15) is 17.3 Å². The van der Waals surface area contributed by atoms with Gasteiger partial charge in [0.15, 0.2) is 0 Å². The molecule has 6 nitrogen and oxygen atoms in total. The number of benzene rings is 1. The fraction of sp³-hybridized carbons (Fsp3) is 0.316. The van der Waals surface area contributed by atoms with Crippen LogP contribution in [-0.2, 0) is 0 Å². The third-order valence-corrected chi connectivity index (χ3v) is 5.36. The van der Waals surface area contributed by atoms with Crippen molar-refractivity contribution in [3.05, 3.63) is 59.7 Å². The molecule has 1 aliphatic heterocycles. The van der Waals surface area contributed by atoms with E-state index >= 15 is 0 Å².